The van der Waals surface area contributed by atoms with E-state index in [9.17, 15) is 4.79 Å². The lowest BCUT2D eigenvalue weighted by Crippen LogP contribution is -2.21. The summed E-state index contributed by atoms with van der Waals surface area (Å²) in [7, 11) is 0. The van der Waals surface area contributed by atoms with Crippen LogP contribution in [-0.2, 0) is 4.79 Å². The van der Waals surface area contributed by atoms with E-state index in [0.29, 0.717) is 0 Å². The van der Waals surface area contributed by atoms with Crippen LogP contribution in [0.1, 0.15) is 6.92 Å². The van der Waals surface area contributed by atoms with Crippen LogP contribution in [0.4, 0.5) is 5.69 Å². The second-order valence-corrected chi connectivity index (χ2v) is 7.14. The summed E-state index contributed by atoms with van der Waals surface area (Å²) in [5.74, 6) is 0.0222. The first-order valence-corrected chi connectivity index (χ1v) is 9.07. The van der Waals surface area contributed by atoms with E-state index >= 15 is 0 Å². The van der Waals surface area contributed by atoms with Gasteiger partial charge in [-0.15, -0.1) is 11.3 Å². The van der Waals surface area contributed by atoms with E-state index in [1.807, 2.05) is 55.6 Å². The van der Waals surface area contributed by atoms with Crippen molar-refractivity contribution in [1.82, 2.24) is 4.98 Å². The molecule has 3 aromatic rings. The molecule has 2 aromatic carbocycles. The monoisotopic (exact) mass is 328 g/mol. The predicted octanol–water partition coefficient (Wildman–Crippen LogP) is 4.65. The number of anilines is 1. The van der Waals surface area contributed by atoms with Gasteiger partial charge in [0, 0.05) is 11.3 Å². The third kappa shape index (κ3) is 3.15. The molecule has 0 spiro atoms. The molecule has 0 aliphatic rings. The first-order valence-electron chi connectivity index (χ1n) is 6.97. The Labute approximate surface area is 137 Å². The summed E-state index contributed by atoms with van der Waals surface area (Å²) in [6, 6.07) is 15.9. The van der Waals surface area contributed by atoms with Gasteiger partial charge in [-0.1, -0.05) is 24.3 Å². The third-order valence-electron chi connectivity index (χ3n) is 3.39. The Hall–Kier alpha value is -1.85. The van der Waals surface area contributed by atoms with Gasteiger partial charge in [-0.3, -0.25) is 4.79 Å². The molecule has 0 fully saturated rings. The number of aromatic nitrogens is 1. The van der Waals surface area contributed by atoms with Gasteiger partial charge in [-0.2, -0.15) is 11.8 Å². The lowest BCUT2D eigenvalue weighted by Gasteiger charge is -2.10. The average molecular weight is 328 g/mol. The van der Waals surface area contributed by atoms with Gasteiger partial charge in [0.25, 0.3) is 0 Å². The van der Waals surface area contributed by atoms with Gasteiger partial charge in [0.05, 0.1) is 15.5 Å². The quantitative estimate of drug-likeness (QED) is 0.758. The van der Waals surface area contributed by atoms with Crippen LogP contribution in [0.3, 0.4) is 0 Å². The summed E-state index contributed by atoms with van der Waals surface area (Å²) >= 11 is 3.19. The normalized spacial score (nSPS) is 12.3. The number of thioether (sulfide) groups is 1. The van der Waals surface area contributed by atoms with E-state index in [0.717, 1.165) is 21.8 Å². The molecule has 1 atom stereocenters. The van der Waals surface area contributed by atoms with Crippen LogP contribution in [0, 0.1) is 0 Å². The maximum absolute atomic E-state index is 12.0. The standard InChI is InChI=1S/C17H16N2OS2/c1-11(21-2)16(20)18-13-7-5-6-12(10-13)17-19-14-8-3-4-9-15(14)22-17/h3-11H,1-2H3,(H,18,20). The fourth-order valence-electron chi connectivity index (χ4n) is 2.08. The van der Waals surface area contributed by atoms with Crippen molar-refractivity contribution < 1.29 is 4.79 Å². The highest BCUT2D eigenvalue weighted by Crippen LogP contribution is 2.31. The van der Waals surface area contributed by atoms with Crippen molar-refractivity contribution in [2.75, 3.05) is 11.6 Å². The molecule has 0 bridgehead atoms. The van der Waals surface area contributed by atoms with E-state index in [-0.39, 0.29) is 11.2 Å². The van der Waals surface area contributed by atoms with Gasteiger partial charge in [-0.05, 0) is 37.4 Å². The summed E-state index contributed by atoms with van der Waals surface area (Å²) in [6.07, 6.45) is 1.93. The SMILES string of the molecule is CSC(C)C(=O)Nc1cccc(-c2nc3ccccc3s2)c1. The number of carbonyl (C=O) groups excluding carboxylic acids is 1. The second kappa shape index (κ2) is 6.50. The number of amides is 1. The zero-order valence-corrected chi connectivity index (χ0v) is 14.0. The molecule has 0 saturated heterocycles. The van der Waals surface area contributed by atoms with Gasteiger partial charge in [0.15, 0.2) is 0 Å². The van der Waals surface area contributed by atoms with Crippen molar-refractivity contribution in [1.29, 1.82) is 0 Å². The van der Waals surface area contributed by atoms with Crippen molar-refractivity contribution in [2.24, 2.45) is 0 Å². The van der Waals surface area contributed by atoms with Gasteiger partial charge < -0.3 is 5.32 Å². The highest BCUT2D eigenvalue weighted by Gasteiger charge is 2.12. The molecule has 1 N–H and O–H groups in total. The molecule has 5 heteroatoms. The number of carbonyl (C=O) groups is 1. The van der Waals surface area contributed by atoms with Gasteiger partial charge in [0.2, 0.25) is 5.91 Å². The zero-order chi connectivity index (χ0) is 15.5. The molecule has 22 heavy (non-hydrogen) atoms. The smallest absolute Gasteiger partial charge is 0.237 e. The number of benzene rings is 2. The Morgan fingerprint density at radius 1 is 1.23 bits per heavy atom. The van der Waals surface area contributed by atoms with Crippen molar-refractivity contribution >= 4 is 44.9 Å². The number of fused-ring (bicyclic) bond motifs is 1. The fraction of sp³-hybridized carbons (Fsp3) is 0.176. The van der Waals surface area contributed by atoms with Crippen LogP contribution in [0.25, 0.3) is 20.8 Å². The predicted molar refractivity (Wildman–Crippen MR) is 96.7 cm³/mol. The number of hydrogen-bond acceptors (Lipinski definition) is 4. The minimum Gasteiger partial charge on any atom is -0.325 e. The Kier molecular flexibility index (Phi) is 4.45. The van der Waals surface area contributed by atoms with Crippen LogP contribution < -0.4 is 5.32 Å². The molecule has 0 aliphatic carbocycles. The summed E-state index contributed by atoms with van der Waals surface area (Å²) in [5, 5.41) is 3.86. The van der Waals surface area contributed by atoms with Crippen molar-refractivity contribution in [3.8, 4) is 10.6 Å². The molecule has 0 saturated carbocycles. The molecule has 0 radical (unpaired) electrons. The highest BCUT2D eigenvalue weighted by molar-refractivity contribution is 7.99. The number of para-hydroxylation sites is 1. The molecule has 112 valence electrons. The van der Waals surface area contributed by atoms with E-state index in [1.54, 1.807) is 11.3 Å². The van der Waals surface area contributed by atoms with Crippen molar-refractivity contribution in [3.63, 3.8) is 0 Å². The Bertz CT molecular complexity index is 780. The number of nitrogens with zero attached hydrogens (tertiary/aromatic N) is 1. The average Bonchev–Trinajstić information content (AvgIpc) is 2.98. The second-order valence-electron chi connectivity index (χ2n) is 4.93. The number of rotatable bonds is 4. The number of thiazole rings is 1. The Balaban J connectivity index is 1.89. The highest BCUT2D eigenvalue weighted by atomic mass is 32.2. The van der Waals surface area contributed by atoms with Gasteiger partial charge >= 0.3 is 0 Å². The van der Waals surface area contributed by atoms with Crippen LogP contribution in [0.2, 0.25) is 0 Å². The van der Waals surface area contributed by atoms with E-state index in [1.165, 1.54) is 16.5 Å². The largest absolute Gasteiger partial charge is 0.325 e. The topological polar surface area (TPSA) is 42.0 Å². The molecular formula is C17H16N2OS2. The molecule has 1 unspecified atom stereocenters. The Morgan fingerprint density at radius 3 is 2.82 bits per heavy atom. The molecule has 3 rings (SSSR count). The third-order valence-corrected chi connectivity index (χ3v) is 5.40. The molecule has 1 amide bonds. The lowest BCUT2D eigenvalue weighted by atomic mass is 10.2. The first-order chi connectivity index (χ1) is 10.7. The number of nitrogens with one attached hydrogen (secondary N) is 1. The minimum absolute atomic E-state index is 0.0222. The van der Waals surface area contributed by atoms with Crippen molar-refractivity contribution in [2.45, 2.75) is 12.2 Å². The first kappa shape index (κ1) is 15.1. The molecule has 0 aliphatic heterocycles. The van der Waals surface area contributed by atoms with Crippen LogP contribution in [-0.4, -0.2) is 22.4 Å². The summed E-state index contributed by atoms with van der Waals surface area (Å²) in [4.78, 5) is 16.6. The van der Waals surface area contributed by atoms with Crippen molar-refractivity contribution in [3.05, 3.63) is 48.5 Å². The Morgan fingerprint density at radius 2 is 2.05 bits per heavy atom. The molecular weight excluding hydrogens is 312 g/mol. The van der Waals surface area contributed by atoms with Crippen LogP contribution in [0.5, 0.6) is 0 Å². The summed E-state index contributed by atoms with van der Waals surface area (Å²) < 4.78 is 1.17. The molecule has 1 heterocycles. The maximum atomic E-state index is 12.0. The molecule has 3 nitrogen and oxygen atoms in total. The van der Waals surface area contributed by atoms with E-state index < -0.39 is 0 Å². The van der Waals surface area contributed by atoms with Crippen LogP contribution in [0.15, 0.2) is 48.5 Å². The van der Waals surface area contributed by atoms with Gasteiger partial charge in [-0.25, -0.2) is 4.98 Å². The maximum Gasteiger partial charge on any atom is 0.237 e. The molecule has 1 aromatic heterocycles. The minimum atomic E-state index is -0.0638. The van der Waals surface area contributed by atoms with Crippen LogP contribution >= 0.6 is 23.1 Å². The fourth-order valence-corrected chi connectivity index (χ4v) is 3.31. The lowest BCUT2D eigenvalue weighted by molar-refractivity contribution is -0.115. The summed E-state index contributed by atoms with van der Waals surface area (Å²) in [5.41, 5.74) is 2.84. The number of hydrogen-bond donors (Lipinski definition) is 1. The van der Waals surface area contributed by atoms with E-state index in [2.05, 4.69) is 16.4 Å². The van der Waals surface area contributed by atoms with Gasteiger partial charge in [0.1, 0.15) is 5.01 Å². The summed E-state index contributed by atoms with van der Waals surface area (Å²) in [6.45, 7) is 1.90. The zero-order valence-electron chi connectivity index (χ0n) is 12.4. The van der Waals surface area contributed by atoms with E-state index in [4.69, 9.17) is 0 Å².